The number of nitrogens with zero attached hydrogens (tertiary/aromatic N) is 1. The van der Waals surface area contributed by atoms with Gasteiger partial charge < -0.3 is 5.32 Å². The van der Waals surface area contributed by atoms with Crippen LogP contribution >= 0.6 is 0 Å². The molecule has 2 aliphatic heterocycles. The van der Waals surface area contributed by atoms with Gasteiger partial charge in [-0.15, -0.1) is 0 Å². The zero-order valence-corrected chi connectivity index (χ0v) is 6.88. The van der Waals surface area contributed by atoms with Gasteiger partial charge in [0, 0.05) is 25.9 Å². The topological polar surface area (TPSA) is 49.4 Å². The SMILES string of the molecule is O=C1CCCC(=O)N1C1CNC1. The van der Waals surface area contributed by atoms with Crippen molar-refractivity contribution in [2.45, 2.75) is 25.3 Å². The minimum Gasteiger partial charge on any atom is -0.313 e. The van der Waals surface area contributed by atoms with Crippen LogP contribution in [0.1, 0.15) is 19.3 Å². The normalized spacial score (nSPS) is 25.8. The number of nitrogens with one attached hydrogen (secondary N) is 1. The quantitative estimate of drug-likeness (QED) is 0.537. The van der Waals surface area contributed by atoms with E-state index in [2.05, 4.69) is 5.32 Å². The summed E-state index contributed by atoms with van der Waals surface area (Å²) in [5, 5.41) is 3.05. The van der Waals surface area contributed by atoms with Gasteiger partial charge in [0.2, 0.25) is 11.8 Å². The monoisotopic (exact) mass is 168 g/mol. The van der Waals surface area contributed by atoms with Crippen LogP contribution < -0.4 is 5.32 Å². The number of amides is 2. The molecule has 0 aromatic heterocycles. The van der Waals surface area contributed by atoms with Crippen molar-refractivity contribution in [3.05, 3.63) is 0 Å². The van der Waals surface area contributed by atoms with E-state index in [9.17, 15) is 9.59 Å². The van der Waals surface area contributed by atoms with E-state index in [-0.39, 0.29) is 17.9 Å². The molecule has 0 atom stereocenters. The third kappa shape index (κ3) is 1.12. The van der Waals surface area contributed by atoms with Crippen molar-refractivity contribution in [1.29, 1.82) is 0 Å². The zero-order valence-electron chi connectivity index (χ0n) is 6.88. The van der Waals surface area contributed by atoms with E-state index >= 15 is 0 Å². The summed E-state index contributed by atoms with van der Waals surface area (Å²) < 4.78 is 0. The molecular formula is C8H12N2O2. The highest BCUT2D eigenvalue weighted by atomic mass is 16.2. The Balaban J connectivity index is 2.07. The zero-order chi connectivity index (χ0) is 8.55. The van der Waals surface area contributed by atoms with Crippen LogP contribution in [-0.2, 0) is 9.59 Å². The lowest BCUT2D eigenvalue weighted by Crippen LogP contribution is -2.61. The third-order valence-corrected chi connectivity index (χ3v) is 2.44. The molecule has 4 heteroatoms. The lowest BCUT2D eigenvalue weighted by atomic mass is 10.0. The minimum atomic E-state index is 0.0118. The van der Waals surface area contributed by atoms with Gasteiger partial charge in [-0.3, -0.25) is 14.5 Å². The van der Waals surface area contributed by atoms with Crippen LogP contribution in [-0.4, -0.2) is 35.8 Å². The van der Waals surface area contributed by atoms with Gasteiger partial charge in [0.05, 0.1) is 6.04 Å². The Morgan fingerprint density at radius 1 is 1.17 bits per heavy atom. The highest BCUT2D eigenvalue weighted by Gasteiger charge is 2.35. The first kappa shape index (κ1) is 7.73. The summed E-state index contributed by atoms with van der Waals surface area (Å²) in [6.45, 7) is 1.55. The van der Waals surface area contributed by atoms with E-state index < -0.39 is 0 Å². The van der Waals surface area contributed by atoms with Crippen LogP contribution in [0, 0.1) is 0 Å². The standard InChI is InChI=1S/C8H12N2O2/c11-7-2-1-3-8(12)10(7)6-4-9-5-6/h6,9H,1-5H2. The Morgan fingerprint density at radius 2 is 1.75 bits per heavy atom. The van der Waals surface area contributed by atoms with E-state index in [1.54, 1.807) is 0 Å². The summed E-state index contributed by atoms with van der Waals surface area (Å²) in [7, 11) is 0. The number of carbonyl (C=O) groups excluding carboxylic acids is 2. The Hall–Kier alpha value is -0.900. The molecule has 0 radical (unpaired) electrons. The summed E-state index contributed by atoms with van der Waals surface area (Å²) >= 11 is 0. The molecule has 4 nitrogen and oxygen atoms in total. The van der Waals surface area contributed by atoms with Gasteiger partial charge in [-0.1, -0.05) is 0 Å². The molecule has 2 saturated heterocycles. The number of carbonyl (C=O) groups is 2. The first-order valence-electron chi connectivity index (χ1n) is 4.34. The highest BCUT2D eigenvalue weighted by Crippen LogP contribution is 2.16. The second-order valence-electron chi connectivity index (χ2n) is 3.32. The van der Waals surface area contributed by atoms with Crippen molar-refractivity contribution in [2.24, 2.45) is 0 Å². The molecule has 2 heterocycles. The second-order valence-corrected chi connectivity index (χ2v) is 3.32. The van der Waals surface area contributed by atoms with Crippen LogP contribution in [0.2, 0.25) is 0 Å². The predicted octanol–water partition coefficient (Wildman–Crippen LogP) is -0.503. The molecule has 2 rings (SSSR count). The third-order valence-electron chi connectivity index (χ3n) is 2.44. The number of likely N-dealkylation sites (tertiary alicyclic amines) is 1. The summed E-state index contributed by atoms with van der Waals surface area (Å²) in [5.41, 5.74) is 0. The molecular weight excluding hydrogens is 156 g/mol. The van der Waals surface area contributed by atoms with Crippen LogP contribution in [0.25, 0.3) is 0 Å². The van der Waals surface area contributed by atoms with E-state index in [0.29, 0.717) is 12.8 Å². The number of hydrogen-bond acceptors (Lipinski definition) is 3. The van der Waals surface area contributed by atoms with E-state index in [1.165, 1.54) is 4.90 Å². The van der Waals surface area contributed by atoms with Crippen molar-refractivity contribution in [3.8, 4) is 0 Å². The molecule has 2 amide bonds. The van der Waals surface area contributed by atoms with Gasteiger partial charge in [0.25, 0.3) is 0 Å². The fraction of sp³-hybridized carbons (Fsp3) is 0.750. The van der Waals surface area contributed by atoms with Crippen molar-refractivity contribution in [3.63, 3.8) is 0 Å². The van der Waals surface area contributed by atoms with Gasteiger partial charge in [-0.05, 0) is 6.42 Å². The minimum absolute atomic E-state index is 0.0118. The molecule has 0 unspecified atom stereocenters. The number of rotatable bonds is 1. The maximum atomic E-state index is 11.3. The van der Waals surface area contributed by atoms with Gasteiger partial charge in [-0.2, -0.15) is 0 Å². The Kier molecular flexibility index (Phi) is 1.84. The Labute approximate surface area is 70.9 Å². The van der Waals surface area contributed by atoms with Crippen LogP contribution in [0.4, 0.5) is 0 Å². The lowest BCUT2D eigenvalue weighted by Gasteiger charge is -2.38. The van der Waals surface area contributed by atoms with Crippen molar-refractivity contribution >= 4 is 11.8 Å². The summed E-state index contributed by atoms with van der Waals surface area (Å²) in [4.78, 5) is 24.1. The average Bonchev–Trinajstić information content (AvgIpc) is 1.93. The first-order valence-corrected chi connectivity index (χ1v) is 4.34. The molecule has 1 N–H and O–H groups in total. The predicted molar refractivity (Wildman–Crippen MR) is 42.4 cm³/mol. The van der Waals surface area contributed by atoms with Gasteiger partial charge >= 0.3 is 0 Å². The largest absolute Gasteiger partial charge is 0.313 e. The van der Waals surface area contributed by atoms with Crippen molar-refractivity contribution in [2.75, 3.05) is 13.1 Å². The maximum absolute atomic E-state index is 11.3. The lowest BCUT2D eigenvalue weighted by molar-refractivity contribution is -0.152. The molecule has 0 aromatic carbocycles. The van der Waals surface area contributed by atoms with E-state index in [4.69, 9.17) is 0 Å². The number of hydrogen-bond donors (Lipinski definition) is 1. The second kappa shape index (κ2) is 2.86. The average molecular weight is 168 g/mol. The molecule has 2 fully saturated rings. The maximum Gasteiger partial charge on any atom is 0.229 e. The number of imide groups is 1. The Bertz CT molecular complexity index is 207. The first-order chi connectivity index (χ1) is 5.79. The summed E-state index contributed by atoms with van der Waals surface area (Å²) in [6.07, 6.45) is 1.82. The fourth-order valence-electron chi connectivity index (χ4n) is 1.63. The summed E-state index contributed by atoms with van der Waals surface area (Å²) in [6, 6.07) is 0.144. The molecule has 12 heavy (non-hydrogen) atoms. The molecule has 0 bridgehead atoms. The highest BCUT2D eigenvalue weighted by molar-refractivity contribution is 5.98. The van der Waals surface area contributed by atoms with Crippen molar-refractivity contribution in [1.82, 2.24) is 10.2 Å². The summed E-state index contributed by atoms with van der Waals surface area (Å²) in [5.74, 6) is 0.0236. The molecule has 0 saturated carbocycles. The molecule has 66 valence electrons. The number of piperidine rings is 1. The van der Waals surface area contributed by atoms with Gasteiger partial charge in [-0.25, -0.2) is 0 Å². The van der Waals surface area contributed by atoms with Crippen LogP contribution in [0.5, 0.6) is 0 Å². The molecule has 0 spiro atoms. The van der Waals surface area contributed by atoms with Gasteiger partial charge in [0.1, 0.15) is 0 Å². The van der Waals surface area contributed by atoms with Crippen LogP contribution in [0.3, 0.4) is 0 Å². The Morgan fingerprint density at radius 3 is 2.17 bits per heavy atom. The smallest absolute Gasteiger partial charge is 0.229 e. The van der Waals surface area contributed by atoms with E-state index in [1.807, 2.05) is 0 Å². The molecule has 2 aliphatic rings. The fourth-order valence-corrected chi connectivity index (χ4v) is 1.63. The van der Waals surface area contributed by atoms with Crippen molar-refractivity contribution < 1.29 is 9.59 Å². The van der Waals surface area contributed by atoms with E-state index in [0.717, 1.165) is 19.5 Å². The van der Waals surface area contributed by atoms with Crippen LogP contribution in [0.15, 0.2) is 0 Å². The van der Waals surface area contributed by atoms with Gasteiger partial charge in [0.15, 0.2) is 0 Å². The molecule has 0 aliphatic carbocycles. The molecule has 0 aromatic rings.